The summed E-state index contributed by atoms with van der Waals surface area (Å²) in [6, 6.07) is 9.97. The molecule has 7 heteroatoms. The summed E-state index contributed by atoms with van der Waals surface area (Å²) in [4.78, 5) is 36.3. The lowest BCUT2D eigenvalue weighted by Gasteiger charge is -2.22. The lowest BCUT2D eigenvalue weighted by atomic mass is 10.1. The Morgan fingerprint density at radius 2 is 1.82 bits per heavy atom. The molecule has 1 heterocycles. The molecule has 2 aromatic rings. The lowest BCUT2D eigenvalue weighted by Crippen LogP contribution is -2.37. The molecule has 0 saturated heterocycles. The smallest absolute Gasteiger partial charge is 0.285 e. The zero-order valence-electron chi connectivity index (χ0n) is 12.2. The largest absolute Gasteiger partial charge is 0.347 e. The van der Waals surface area contributed by atoms with Crippen molar-refractivity contribution in [3.05, 3.63) is 74.7 Å². The summed E-state index contributed by atoms with van der Waals surface area (Å²) in [6.07, 6.45) is 1.10. The van der Waals surface area contributed by atoms with Crippen LogP contribution in [0.2, 0.25) is 0 Å². The summed E-state index contributed by atoms with van der Waals surface area (Å²) >= 11 is 0. The second kappa shape index (κ2) is 6.21. The Hall–Kier alpha value is -2.96. The number of pyridine rings is 1. The number of nitro groups is 1. The number of rotatable bonds is 4. The van der Waals surface area contributed by atoms with Crippen molar-refractivity contribution < 1.29 is 9.72 Å². The van der Waals surface area contributed by atoms with Crippen LogP contribution in [0.5, 0.6) is 0 Å². The van der Waals surface area contributed by atoms with E-state index in [1.54, 1.807) is 44.4 Å². The minimum atomic E-state index is -0.941. The highest BCUT2D eigenvalue weighted by Crippen LogP contribution is 2.20. The van der Waals surface area contributed by atoms with Crippen LogP contribution in [0.1, 0.15) is 11.6 Å². The Balaban J connectivity index is 2.65. The third-order valence-corrected chi connectivity index (χ3v) is 3.20. The van der Waals surface area contributed by atoms with Gasteiger partial charge in [0.2, 0.25) is 5.91 Å². The van der Waals surface area contributed by atoms with Crippen molar-refractivity contribution in [2.75, 3.05) is 14.1 Å². The Morgan fingerprint density at radius 1 is 1.18 bits per heavy atom. The number of likely N-dealkylation sites (N-methyl/N-ethyl adjacent to an activating group) is 1. The first-order valence-electron chi connectivity index (χ1n) is 6.54. The summed E-state index contributed by atoms with van der Waals surface area (Å²) in [5.74, 6) is -0.339. The molecule has 0 unspecified atom stereocenters. The second-order valence-corrected chi connectivity index (χ2v) is 4.94. The van der Waals surface area contributed by atoms with Gasteiger partial charge in [0.1, 0.15) is 6.04 Å². The number of benzene rings is 1. The quantitative estimate of drug-likeness (QED) is 0.631. The van der Waals surface area contributed by atoms with Gasteiger partial charge in [0.05, 0.1) is 11.1 Å². The molecule has 0 aliphatic heterocycles. The van der Waals surface area contributed by atoms with E-state index in [4.69, 9.17) is 0 Å². The van der Waals surface area contributed by atoms with Gasteiger partial charge >= 0.3 is 0 Å². The zero-order chi connectivity index (χ0) is 16.3. The number of aromatic nitrogens is 1. The average Bonchev–Trinajstić information content (AvgIpc) is 2.50. The molecule has 0 aliphatic carbocycles. The molecule has 0 saturated carbocycles. The second-order valence-electron chi connectivity index (χ2n) is 4.94. The molecule has 0 aliphatic rings. The van der Waals surface area contributed by atoms with Crippen LogP contribution in [-0.2, 0) is 4.79 Å². The van der Waals surface area contributed by atoms with Gasteiger partial charge in [0.25, 0.3) is 11.2 Å². The zero-order valence-corrected chi connectivity index (χ0v) is 12.2. The molecule has 22 heavy (non-hydrogen) atoms. The molecule has 0 spiro atoms. The minimum Gasteiger partial charge on any atom is -0.347 e. The van der Waals surface area contributed by atoms with Gasteiger partial charge in [-0.05, 0) is 5.56 Å². The van der Waals surface area contributed by atoms with Crippen LogP contribution >= 0.6 is 0 Å². The number of carbonyl (C=O) groups excluding carboxylic acids is 1. The maximum absolute atomic E-state index is 12.5. The van der Waals surface area contributed by atoms with Crippen molar-refractivity contribution in [3.63, 3.8) is 0 Å². The molecular formula is C15H15N3O4. The average molecular weight is 301 g/mol. The molecule has 1 amide bonds. The van der Waals surface area contributed by atoms with Crippen molar-refractivity contribution in [2.45, 2.75) is 6.04 Å². The number of nitrogens with zero attached hydrogens (tertiary/aromatic N) is 3. The van der Waals surface area contributed by atoms with E-state index in [1.807, 2.05) is 0 Å². The van der Waals surface area contributed by atoms with Crippen molar-refractivity contribution in [1.29, 1.82) is 0 Å². The molecule has 7 nitrogen and oxygen atoms in total. The highest BCUT2D eigenvalue weighted by molar-refractivity contribution is 5.83. The summed E-state index contributed by atoms with van der Waals surface area (Å²) in [6.45, 7) is 0. The van der Waals surface area contributed by atoms with Crippen molar-refractivity contribution in [1.82, 2.24) is 9.47 Å². The van der Waals surface area contributed by atoms with Gasteiger partial charge in [-0.15, -0.1) is 0 Å². The highest BCUT2D eigenvalue weighted by Gasteiger charge is 2.26. The number of hydrogen-bond acceptors (Lipinski definition) is 4. The van der Waals surface area contributed by atoms with Gasteiger partial charge in [-0.3, -0.25) is 24.3 Å². The van der Waals surface area contributed by atoms with E-state index in [0.29, 0.717) is 5.56 Å². The molecule has 1 aromatic heterocycles. The van der Waals surface area contributed by atoms with Crippen LogP contribution in [0.25, 0.3) is 0 Å². The molecule has 0 radical (unpaired) electrons. The maximum atomic E-state index is 12.5. The number of amides is 1. The van der Waals surface area contributed by atoms with Crippen LogP contribution in [0.4, 0.5) is 5.69 Å². The van der Waals surface area contributed by atoms with Crippen LogP contribution in [-0.4, -0.2) is 34.4 Å². The molecule has 1 aromatic carbocycles. The van der Waals surface area contributed by atoms with Gasteiger partial charge in [-0.1, -0.05) is 30.3 Å². The lowest BCUT2D eigenvalue weighted by molar-refractivity contribution is -0.385. The summed E-state index contributed by atoms with van der Waals surface area (Å²) in [7, 11) is 3.14. The Morgan fingerprint density at radius 3 is 2.36 bits per heavy atom. The molecule has 0 bridgehead atoms. The topological polar surface area (TPSA) is 85.4 Å². The fourth-order valence-corrected chi connectivity index (χ4v) is 2.10. The number of hydrogen-bond donors (Lipinski definition) is 0. The van der Waals surface area contributed by atoms with E-state index in [2.05, 4.69) is 0 Å². The van der Waals surface area contributed by atoms with Gasteiger partial charge in [0, 0.05) is 26.2 Å². The Kier molecular flexibility index (Phi) is 4.36. The van der Waals surface area contributed by atoms with Crippen LogP contribution < -0.4 is 5.56 Å². The minimum absolute atomic E-state index is 0.243. The predicted molar refractivity (Wildman–Crippen MR) is 80.6 cm³/mol. The maximum Gasteiger partial charge on any atom is 0.285 e. The van der Waals surface area contributed by atoms with E-state index in [1.165, 1.54) is 4.90 Å². The van der Waals surface area contributed by atoms with Gasteiger partial charge in [0.15, 0.2) is 0 Å². The third-order valence-electron chi connectivity index (χ3n) is 3.20. The molecule has 0 N–H and O–H groups in total. The fourth-order valence-electron chi connectivity index (χ4n) is 2.10. The van der Waals surface area contributed by atoms with Gasteiger partial charge in [-0.2, -0.15) is 0 Å². The van der Waals surface area contributed by atoms with Gasteiger partial charge in [-0.25, -0.2) is 0 Å². The van der Waals surface area contributed by atoms with Crippen LogP contribution in [0, 0.1) is 10.1 Å². The standard InChI is InChI=1S/C15H15N3O4/c1-16(2)15(20)14(11-6-4-3-5-7-11)17-10-12(18(21)22)8-9-13(17)19/h3-10,14H,1-2H3/t14-/m1/s1. The third kappa shape index (κ3) is 3.03. The molecule has 0 fully saturated rings. The van der Waals surface area contributed by atoms with E-state index < -0.39 is 16.5 Å². The van der Waals surface area contributed by atoms with Crippen LogP contribution in [0.3, 0.4) is 0 Å². The Labute approximate surface area is 126 Å². The first kappa shape index (κ1) is 15.4. The summed E-state index contributed by atoms with van der Waals surface area (Å²) < 4.78 is 1.09. The molecular weight excluding hydrogens is 286 g/mol. The van der Waals surface area contributed by atoms with Crippen LogP contribution in [0.15, 0.2) is 53.5 Å². The van der Waals surface area contributed by atoms with Crippen molar-refractivity contribution >= 4 is 11.6 Å². The molecule has 1 atom stereocenters. The van der Waals surface area contributed by atoms with E-state index in [9.17, 15) is 19.7 Å². The van der Waals surface area contributed by atoms with Crippen molar-refractivity contribution in [2.24, 2.45) is 0 Å². The number of carbonyl (C=O) groups is 1. The predicted octanol–water partition coefficient (Wildman–Crippen LogP) is 1.43. The van der Waals surface area contributed by atoms with E-state index in [0.717, 1.165) is 22.9 Å². The first-order chi connectivity index (χ1) is 10.4. The first-order valence-corrected chi connectivity index (χ1v) is 6.54. The highest BCUT2D eigenvalue weighted by atomic mass is 16.6. The monoisotopic (exact) mass is 301 g/mol. The molecule has 114 valence electrons. The van der Waals surface area contributed by atoms with Crippen molar-refractivity contribution in [3.8, 4) is 0 Å². The van der Waals surface area contributed by atoms with E-state index >= 15 is 0 Å². The van der Waals surface area contributed by atoms with E-state index in [-0.39, 0.29) is 11.6 Å². The van der Waals surface area contributed by atoms with Gasteiger partial charge < -0.3 is 4.90 Å². The Bertz CT molecular complexity index is 753. The summed E-state index contributed by atoms with van der Waals surface area (Å²) in [5, 5.41) is 10.9. The fraction of sp³-hybridized carbons (Fsp3) is 0.200. The SMILES string of the molecule is CN(C)C(=O)[C@@H](c1ccccc1)n1cc([N+](=O)[O-])ccc1=O. The molecule has 2 rings (SSSR count). The normalized spacial score (nSPS) is 11.7. The summed E-state index contributed by atoms with van der Waals surface area (Å²) in [5.41, 5.74) is -0.134.